The van der Waals surface area contributed by atoms with Crippen molar-refractivity contribution in [3.8, 4) is 23.3 Å². The lowest BCUT2D eigenvalue weighted by atomic mass is 9.95. The molecule has 0 aliphatic rings. The number of hydrogen-bond donors (Lipinski definition) is 0. The van der Waals surface area contributed by atoms with Gasteiger partial charge >= 0.3 is 0 Å². The summed E-state index contributed by atoms with van der Waals surface area (Å²) in [6, 6.07) is 14.7. The van der Waals surface area contributed by atoms with Crippen molar-refractivity contribution in [2.75, 3.05) is 0 Å². The first-order chi connectivity index (χ1) is 9.17. The number of nitro benzene ring substituents is 1. The van der Waals surface area contributed by atoms with Crippen LogP contribution in [0.4, 0.5) is 5.69 Å². The van der Waals surface area contributed by atoms with Crippen molar-refractivity contribution in [3.05, 3.63) is 63.7 Å². The van der Waals surface area contributed by atoms with Gasteiger partial charge in [0, 0.05) is 17.7 Å². The lowest BCUT2D eigenvalue weighted by molar-refractivity contribution is -0.384. The Morgan fingerprint density at radius 1 is 0.947 bits per heavy atom. The average molecular weight is 249 g/mol. The number of non-ortho nitro benzene ring substituents is 1. The van der Waals surface area contributed by atoms with Gasteiger partial charge in [0.15, 0.2) is 0 Å². The highest BCUT2D eigenvalue weighted by atomic mass is 16.6. The summed E-state index contributed by atoms with van der Waals surface area (Å²) in [5, 5.41) is 28.7. The van der Waals surface area contributed by atoms with Crippen molar-refractivity contribution in [1.82, 2.24) is 0 Å². The van der Waals surface area contributed by atoms with E-state index < -0.39 is 4.92 Å². The van der Waals surface area contributed by atoms with E-state index in [-0.39, 0.29) is 5.69 Å². The Balaban J connectivity index is 2.62. The summed E-state index contributed by atoms with van der Waals surface area (Å²) in [7, 11) is 0. The second kappa shape index (κ2) is 4.99. The van der Waals surface area contributed by atoms with E-state index in [1.165, 1.54) is 24.3 Å². The molecule has 2 aromatic carbocycles. The standard InChI is InChI=1S/C14H7N3O2/c15-8-11-2-1-3-12(9-16)14(11)10-4-6-13(7-5-10)17(18)19/h1-7H. The van der Waals surface area contributed by atoms with Crippen molar-refractivity contribution >= 4 is 5.69 Å². The van der Waals surface area contributed by atoms with E-state index in [0.29, 0.717) is 22.3 Å². The third-order valence-corrected chi connectivity index (χ3v) is 2.67. The molecule has 0 N–H and O–H groups in total. The van der Waals surface area contributed by atoms with Gasteiger partial charge in [-0.1, -0.05) is 6.07 Å². The molecule has 0 aliphatic carbocycles. The molecule has 0 atom stereocenters. The van der Waals surface area contributed by atoms with Gasteiger partial charge in [-0.3, -0.25) is 10.1 Å². The van der Waals surface area contributed by atoms with Gasteiger partial charge in [-0.05, 0) is 29.8 Å². The van der Waals surface area contributed by atoms with Crippen LogP contribution in [0.2, 0.25) is 0 Å². The quantitative estimate of drug-likeness (QED) is 0.604. The van der Waals surface area contributed by atoms with Crippen LogP contribution < -0.4 is 0 Å². The first kappa shape index (κ1) is 12.3. The van der Waals surface area contributed by atoms with E-state index in [0.717, 1.165) is 0 Å². The Morgan fingerprint density at radius 2 is 1.47 bits per heavy atom. The Bertz CT molecular complexity index is 690. The van der Waals surface area contributed by atoms with Gasteiger partial charge in [0.25, 0.3) is 5.69 Å². The van der Waals surface area contributed by atoms with Crippen LogP contribution in [0.3, 0.4) is 0 Å². The number of rotatable bonds is 2. The third kappa shape index (κ3) is 2.26. The van der Waals surface area contributed by atoms with Crippen molar-refractivity contribution in [2.24, 2.45) is 0 Å². The Hall–Kier alpha value is -3.18. The number of hydrogen-bond acceptors (Lipinski definition) is 4. The molecule has 0 aromatic heterocycles. The molecule has 0 amide bonds. The highest BCUT2D eigenvalue weighted by molar-refractivity contribution is 5.77. The smallest absolute Gasteiger partial charge is 0.258 e. The summed E-state index contributed by atoms with van der Waals surface area (Å²) in [5.74, 6) is 0. The van der Waals surface area contributed by atoms with Gasteiger partial charge in [0.2, 0.25) is 0 Å². The number of nitro groups is 1. The Morgan fingerprint density at radius 3 is 1.89 bits per heavy atom. The van der Waals surface area contributed by atoms with Crippen LogP contribution >= 0.6 is 0 Å². The van der Waals surface area contributed by atoms with Crippen LogP contribution in [-0.4, -0.2) is 4.92 Å². The van der Waals surface area contributed by atoms with Crippen molar-refractivity contribution in [2.45, 2.75) is 0 Å². The molecule has 19 heavy (non-hydrogen) atoms. The minimum atomic E-state index is -0.495. The van der Waals surface area contributed by atoms with E-state index in [4.69, 9.17) is 10.5 Å². The molecule has 0 fully saturated rings. The van der Waals surface area contributed by atoms with E-state index in [1.54, 1.807) is 18.2 Å². The SMILES string of the molecule is N#Cc1cccc(C#N)c1-c1ccc([N+](=O)[O-])cc1. The highest BCUT2D eigenvalue weighted by Crippen LogP contribution is 2.28. The maximum Gasteiger partial charge on any atom is 0.269 e. The molecule has 0 saturated heterocycles. The molecule has 0 saturated carbocycles. The second-order valence-electron chi connectivity index (χ2n) is 3.76. The molecular weight excluding hydrogens is 242 g/mol. The fourth-order valence-electron chi connectivity index (χ4n) is 1.80. The maximum absolute atomic E-state index is 10.6. The molecule has 2 rings (SSSR count). The minimum absolute atomic E-state index is 0.0308. The maximum atomic E-state index is 10.6. The van der Waals surface area contributed by atoms with Gasteiger partial charge < -0.3 is 0 Å². The van der Waals surface area contributed by atoms with E-state index in [1.807, 2.05) is 12.1 Å². The molecular formula is C14H7N3O2. The van der Waals surface area contributed by atoms with E-state index in [9.17, 15) is 10.1 Å². The lowest BCUT2D eigenvalue weighted by Gasteiger charge is -2.06. The van der Waals surface area contributed by atoms with Crippen LogP contribution in [0.1, 0.15) is 11.1 Å². The molecule has 0 spiro atoms. The molecule has 0 unspecified atom stereocenters. The fraction of sp³-hybridized carbons (Fsp3) is 0. The van der Waals surface area contributed by atoms with E-state index in [2.05, 4.69) is 0 Å². The molecule has 0 heterocycles. The summed E-state index contributed by atoms with van der Waals surface area (Å²) >= 11 is 0. The second-order valence-corrected chi connectivity index (χ2v) is 3.76. The summed E-state index contributed by atoms with van der Waals surface area (Å²) < 4.78 is 0. The monoisotopic (exact) mass is 249 g/mol. The number of nitrogens with zero attached hydrogens (tertiary/aromatic N) is 3. The van der Waals surface area contributed by atoms with Crippen LogP contribution in [0.25, 0.3) is 11.1 Å². The zero-order chi connectivity index (χ0) is 13.8. The van der Waals surface area contributed by atoms with Gasteiger partial charge in [-0.2, -0.15) is 10.5 Å². The first-order valence-electron chi connectivity index (χ1n) is 5.35. The van der Waals surface area contributed by atoms with Crippen LogP contribution in [-0.2, 0) is 0 Å². The third-order valence-electron chi connectivity index (χ3n) is 2.67. The molecule has 2 aromatic rings. The van der Waals surface area contributed by atoms with Crippen molar-refractivity contribution < 1.29 is 4.92 Å². The molecule has 5 nitrogen and oxygen atoms in total. The number of nitriles is 2. The van der Waals surface area contributed by atoms with E-state index >= 15 is 0 Å². The van der Waals surface area contributed by atoms with Gasteiger partial charge in [0.1, 0.15) is 0 Å². The van der Waals surface area contributed by atoms with Gasteiger partial charge in [-0.25, -0.2) is 0 Å². The Labute approximate surface area is 109 Å². The predicted molar refractivity (Wildman–Crippen MR) is 68.0 cm³/mol. The van der Waals surface area contributed by atoms with Crippen LogP contribution in [0.5, 0.6) is 0 Å². The molecule has 0 bridgehead atoms. The lowest BCUT2D eigenvalue weighted by Crippen LogP contribution is -1.91. The summed E-state index contributed by atoms with van der Waals surface area (Å²) in [6.07, 6.45) is 0. The Kier molecular flexibility index (Phi) is 3.22. The van der Waals surface area contributed by atoms with Crippen molar-refractivity contribution in [1.29, 1.82) is 10.5 Å². The van der Waals surface area contributed by atoms with Gasteiger partial charge in [0.05, 0.1) is 28.2 Å². The summed E-state index contributed by atoms with van der Waals surface area (Å²) in [4.78, 5) is 10.1. The topological polar surface area (TPSA) is 90.7 Å². The van der Waals surface area contributed by atoms with Gasteiger partial charge in [-0.15, -0.1) is 0 Å². The zero-order valence-corrected chi connectivity index (χ0v) is 9.70. The predicted octanol–water partition coefficient (Wildman–Crippen LogP) is 3.01. The molecule has 0 aliphatic heterocycles. The molecule has 0 radical (unpaired) electrons. The molecule has 5 heteroatoms. The first-order valence-corrected chi connectivity index (χ1v) is 5.35. The zero-order valence-electron chi connectivity index (χ0n) is 9.70. The normalized spacial score (nSPS) is 9.37. The largest absolute Gasteiger partial charge is 0.269 e. The highest BCUT2D eigenvalue weighted by Gasteiger charge is 2.12. The van der Waals surface area contributed by atoms with Crippen molar-refractivity contribution in [3.63, 3.8) is 0 Å². The average Bonchev–Trinajstić information content (AvgIpc) is 2.46. The number of benzene rings is 2. The van der Waals surface area contributed by atoms with Crippen LogP contribution in [0.15, 0.2) is 42.5 Å². The molecule has 90 valence electrons. The minimum Gasteiger partial charge on any atom is -0.258 e. The summed E-state index contributed by atoms with van der Waals surface area (Å²) in [5.41, 5.74) is 1.82. The fourth-order valence-corrected chi connectivity index (χ4v) is 1.80. The van der Waals surface area contributed by atoms with Crippen LogP contribution in [0, 0.1) is 32.8 Å². The summed E-state index contributed by atoms with van der Waals surface area (Å²) in [6.45, 7) is 0.